The maximum absolute atomic E-state index is 14.4. The summed E-state index contributed by atoms with van der Waals surface area (Å²) in [6.07, 6.45) is 2.29. The average Bonchev–Trinajstić information content (AvgIpc) is 1.78. The van der Waals surface area contributed by atoms with Crippen LogP contribution in [-0.2, 0) is 75.2 Å². The number of carboxylic acid groups (broad SMARTS) is 2. The third kappa shape index (κ3) is 25.4. The smallest absolute Gasteiger partial charge is 0.326 e. The van der Waals surface area contributed by atoms with E-state index in [0.29, 0.717) is 43.4 Å². The fourth-order valence-corrected chi connectivity index (χ4v) is 10.3. The molecule has 93 heavy (non-hydrogen) atoms. The summed E-state index contributed by atoms with van der Waals surface area (Å²) in [6.45, 7) is 7.73. The Bertz CT molecular complexity index is 3080. The van der Waals surface area contributed by atoms with Crippen LogP contribution in [0.25, 0.3) is 10.9 Å². The minimum Gasteiger partial charge on any atom is -0.508 e. The highest BCUT2D eigenvalue weighted by atomic mass is 16.4. The first-order chi connectivity index (χ1) is 44.0. The van der Waals surface area contributed by atoms with Gasteiger partial charge in [-0.15, -0.1) is 0 Å². The molecular formula is C62H92N14O17. The van der Waals surface area contributed by atoms with Gasteiger partial charge in [-0.1, -0.05) is 71.9 Å². The van der Waals surface area contributed by atoms with E-state index >= 15 is 0 Å². The van der Waals surface area contributed by atoms with Gasteiger partial charge in [0, 0.05) is 42.9 Å². The average molecular weight is 1310 g/mol. The van der Waals surface area contributed by atoms with E-state index in [1.807, 2.05) is 13.8 Å². The molecule has 0 saturated carbocycles. The number of benzene rings is 2. The number of nitrogens with one attached hydrogen (secondary N) is 11. The normalized spacial score (nSPS) is 15.5. The van der Waals surface area contributed by atoms with Gasteiger partial charge in [0.05, 0.1) is 32.3 Å². The van der Waals surface area contributed by atoms with E-state index in [4.69, 9.17) is 11.5 Å². The standard InChI is InChI=1S/C62H92N14O17/c1-33(2)24-40(64)54(84)70-42(14-9-10-22-63)55(85)68-31-50(80)69-44(26-36-16-18-38(78)19-17-36)56(86)67-29-49(79)66-30-51(81)75-53(35(5)6)60(90)74-47(32-77)58(88)72-45(25-34(3)4)61(91)76-23-11-15-48(76)59(89)71-43(20-21-52(82)83)57(87)73-46(62(92)93)27-37-28-65-41-13-8-7-12-39(37)41/h7-8,12-13,16-19,28,33-35,40,42-48,53,65,77-78H,9-11,14-15,20-27,29-32,63-64H2,1-6H3,(H,66,79)(H,67,86)(H,68,85)(H,69,80)(H,70,84)(H,71,89)(H,72,88)(H,73,87)(H,74,90)(H,75,81)(H,82,83)(H,92,93)/t40-,42-,43-,44-,45-,46-,47-,48-,53-/m0/s1. The molecule has 0 unspecified atom stereocenters. The fraction of sp³-hybridized carbons (Fsp3) is 0.565. The summed E-state index contributed by atoms with van der Waals surface area (Å²) in [5.74, 6) is -12.7. The molecule has 0 aliphatic carbocycles. The first-order valence-corrected chi connectivity index (χ1v) is 31.1. The Morgan fingerprint density at radius 2 is 1.18 bits per heavy atom. The lowest BCUT2D eigenvalue weighted by Gasteiger charge is -2.31. The molecule has 1 aliphatic rings. The van der Waals surface area contributed by atoms with Crippen molar-refractivity contribution < 1.29 is 82.8 Å². The number of para-hydroxylation sites is 1. The number of unbranched alkanes of at least 4 members (excludes halogenated alkanes) is 1. The number of hydrogen-bond acceptors (Lipinski definition) is 17. The molecule has 9 atom stereocenters. The number of aromatic nitrogens is 1. The van der Waals surface area contributed by atoms with Gasteiger partial charge in [-0.3, -0.25) is 57.5 Å². The Morgan fingerprint density at radius 1 is 0.602 bits per heavy atom. The number of fused-ring (bicyclic) bond motifs is 1. The largest absolute Gasteiger partial charge is 0.508 e. The predicted molar refractivity (Wildman–Crippen MR) is 337 cm³/mol. The van der Waals surface area contributed by atoms with E-state index in [1.54, 1.807) is 58.2 Å². The Balaban J connectivity index is 1.35. The third-order valence-electron chi connectivity index (χ3n) is 15.2. The lowest BCUT2D eigenvalue weighted by molar-refractivity contribution is -0.144. The number of carbonyl (C=O) groups is 13. The van der Waals surface area contributed by atoms with E-state index < -0.39 is 176 Å². The van der Waals surface area contributed by atoms with Crippen molar-refractivity contribution in [1.29, 1.82) is 0 Å². The zero-order chi connectivity index (χ0) is 69.1. The molecule has 1 aromatic heterocycles. The summed E-state index contributed by atoms with van der Waals surface area (Å²) in [5, 5.41) is 65.2. The van der Waals surface area contributed by atoms with Crippen LogP contribution < -0.4 is 64.6 Å². The summed E-state index contributed by atoms with van der Waals surface area (Å²) in [5.41, 5.74) is 13.4. The molecule has 1 saturated heterocycles. The number of carbonyl (C=O) groups excluding carboxylic acids is 11. The first-order valence-electron chi connectivity index (χ1n) is 31.1. The molecule has 2 aromatic carbocycles. The van der Waals surface area contributed by atoms with E-state index in [9.17, 15) is 82.8 Å². The number of rotatable bonds is 39. The number of carboxylic acids is 2. The van der Waals surface area contributed by atoms with Gasteiger partial charge in [0.15, 0.2) is 0 Å². The molecular weight excluding hydrogens is 1210 g/mol. The molecule has 31 heteroatoms. The number of aliphatic carboxylic acids is 2. The van der Waals surface area contributed by atoms with Crippen molar-refractivity contribution in [3.63, 3.8) is 0 Å². The van der Waals surface area contributed by atoms with Gasteiger partial charge in [-0.25, -0.2) is 4.79 Å². The fourth-order valence-electron chi connectivity index (χ4n) is 10.3. The molecule has 3 aromatic rings. The number of aliphatic hydroxyl groups is 1. The second kappa shape index (κ2) is 37.9. The second-order valence-corrected chi connectivity index (χ2v) is 24.2. The van der Waals surface area contributed by atoms with Gasteiger partial charge < -0.3 is 94.9 Å². The molecule has 0 spiro atoms. The zero-order valence-corrected chi connectivity index (χ0v) is 53.3. The van der Waals surface area contributed by atoms with E-state index in [2.05, 4.69) is 58.2 Å². The number of nitrogens with zero attached hydrogens (tertiary/aromatic N) is 1. The van der Waals surface area contributed by atoms with Crippen LogP contribution in [0.3, 0.4) is 0 Å². The van der Waals surface area contributed by atoms with Gasteiger partial charge >= 0.3 is 11.9 Å². The van der Waals surface area contributed by atoms with Crippen LogP contribution in [0.5, 0.6) is 5.75 Å². The van der Waals surface area contributed by atoms with Gasteiger partial charge in [0.1, 0.15) is 54.1 Å². The number of aromatic amines is 1. The van der Waals surface area contributed by atoms with Crippen LogP contribution in [0.1, 0.15) is 110 Å². The summed E-state index contributed by atoms with van der Waals surface area (Å²) in [4.78, 5) is 177. The maximum atomic E-state index is 14.4. The van der Waals surface area contributed by atoms with Crippen molar-refractivity contribution in [3.05, 3.63) is 65.9 Å². The first kappa shape index (κ1) is 76.2. The van der Waals surface area contributed by atoms with Crippen LogP contribution in [-0.4, -0.2) is 201 Å². The highest BCUT2D eigenvalue weighted by Gasteiger charge is 2.41. The number of aliphatic hydroxyl groups excluding tert-OH is 1. The predicted octanol–water partition coefficient (Wildman–Crippen LogP) is -2.46. The van der Waals surface area contributed by atoms with Crippen molar-refractivity contribution in [1.82, 2.24) is 63.1 Å². The molecule has 1 aliphatic heterocycles. The Hall–Kier alpha value is -9.23. The highest BCUT2D eigenvalue weighted by Crippen LogP contribution is 2.23. The topological polar surface area (TPSA) is 494 Å². The minimum absolute atomic E-state index is 0.00671. The molecule has 0 bridgehead atoms. The number of phenols is 1. The number of aromatic hydroxyl groups is 1. The van der Waals surface area contributed by atoms with Crippen molar-refractivity contribution >= 4 is 87.8 Å². The van der Waals surface area contributed by atoms with Crippen molar-refractivity contribution in [2.75, 3.05) is 39.3 Å². The number of hydrogen-bond donors (Lipinski definition) is 17. The van der Waals surface area contributed by atoms with E-state index in [0.717, 1.165) is 10.9 Å². The summed E-state index contributed by atoms with van der Waals surface area (Å²) < 4.78 is 0. The molecule has 19 N–H and O–H groups in total. The Kier molecular flexibility index (Phi) is 31.1. The maximum Gasteiger partial charge on any atom is 0.326 e. The highest BCUT2D eigenvalue weighted by molar-refractivity contribution is 5.99. The van der Waals surface area contributed by atoms with Crippen LogP contribution in [0, 0.1) is 17.8 Å². The van der Waals surface area contributed by atoms with Gasteiger partial charge in [0.25, 0.3) is 0 Å². The quantitative estimate of drug-likeness (QED) is 0.0263. The molecule has 512 valence electrons. The summed E-state index contributed by atoms with van der Waals surface area (Å²) in [6, 6.07) is 0.896. The second-order valence-electron chi connectivity index (χ2n) is 24.2. The molecule has 2 heterocycles. The van der Waals surface area contributed by atoms with Gasteiger partial charge in [-0.2, -0.15) is 0 Å². The molecule has 0 radical (unpaired) electrons. The lowest BCUT2D eigenvalue weighted by Crippen LogP contribution is -2.60. The number of likely N-dealkylation sites (tertiary alicyclic amines) is 1. The Morgan fingerprint density at radius 3 is 1.81 bits per heavy atom. The van der Waals surface area contributed by atoms with Crippen LogP contribution in [0.2, 0.25) is 0 Å². The Labute approximate surface area is 538 Å². The summed E-state index contributed by atoms with van der Waals surface area (Å²) in [7, 11) is 0. The van der Waals surface area contributed by atoms with Crippen molar-refractivity contribution in [3.8, 4) is 5.75 Å². The van der Waals surface area contributed by atoms with Gasteiger partial charge in [-0.05, 0) is 105 Å². The lowest BCUT2D eigenvalue weighted by atomic mass is 10.0. The molecule has 1 fully saturated rings. The van der Waals surface area contributed by atoms with Crippen molar-refractivity contribution in [2.24, 2.45) is 29.2 Å². The minimum atomic E-state index is -1.69. The molecule has 11 amide bonds. The number of nitrogens with two attached hydrogens (primary N) is 2. The molecule has 4 rings (SSSR count). The summed E-state index contributed by atoms with van der Waals surface area (Å²) >= 11 is 0. The van der Waals surface area contributed by atoms with Crippen LogP contribution in [0.15, 0.2) is 54.7 Å². The zero-order valence-electron chi connectivity index (χ0n) is 53.3. The molecule has 31 nitrogen and oxygen atoms in total. The van der Waals surface area contributed by atoms with Crippen molar-refractivity contribution in [2.45, 2.75) is 167 Å². The SMILES string of the molecule is CC(C)C[C@H](NC(=O)[C@H](CO)NC(=O)[C@@H](NC(=O)CNC(=O)CNC(=O)[C@H](Cc1ccc(O)cc1)NC(=O)CNC(=O)[C@H](CCCCN)NC(=O)[C@@H](N)CC(C)C)C(C)C)C(=O)N1CCC[C@H]1C(=O)N[C@@H](CCC(=O)O)C(=O)N[C@@H](Cc1c[nH]c2ccccc12)C(=O)O. The van der Waals surface area contributed by atoms with Gasteiger partial charge in [0.2, 0.25) is 65.0 Å². The van der Waals surface area contributed by atoms with Crippen LogP contribution in [0.4, 0.5) is 0 Å². The number of H-pyrrole nitrogens is 1. The van der Waals surface area contributed by atoms with E-state index in [-0.39, 0.29) is 56.2 Å². The monoisotopic (exact) mass is 1300 g/mol. The van der Waals surface area contributed by atoms with E-state index in [1.165, 1.54) is 29.2 Å². The number of phenolic OH excluding ortho intramolecular Hbond substituents is 1. The third-order valence-corrected chi connectivity index (χ3v) is 15.2. The van der Waals surface area contributed by atoms with Crippen LogP contribution >= 0.6 is 0 Å². The number of amides is 11.